The summed E-state index contributed by atoms with van der Waals surface area (Å²) in [6, 6.07) is 0. The number of carboxylic acid groups (broad SMARTS) is 2. The van der Waals surface area contributed by atoms with Crippen molar-refractivity contribution in [1.82, 2.24) is 0 Å². The van der Waals surface area contributed by atoms with Crippen LogP contribution in [0.2, 0.25) is 0 Å². The van der Waals surface area contributed by atoms with E-state index < -0.39 is 49.6 Å². The first kappa shape index (κ1) is 24.0. The molecule has 11 heteroatoms. The first-order valence-corrected chi connectivity index (χ1v) is 4.57. The van der Waals surface area contributed by atoms with E-state index in [2.05, 4.69) is 0 Å². The van der Waals surface area contributed by atoms with Crippen LogP contribution >= 0.6 is 0 Å². The van der Waals surface area contributed by atoms with Crippen LogP contribution < -0.4 is 10.2 Å². The van der Waals surface area contributed by atoms with E-state index in [-0.39, 0.29) is 37.7 Å². The van der Waals surface area contributed by atoms with Crippen molar-refractivity contribution in [2.75, 3.05) is 0 Å². The van der Waals surface area contributed by atoms with Gasteiger partial charge in [-0.15, -0.1) is 0 Å². The summed E-state index contributed by atoms with van der Waals surface area (Å²) in [5.41, 5.74) is 0. The van der Waals surface area contributed by atoms with Gasteiger partial charge >= 0.3 is 37.7 Å². The van der Waals surface area contributed by atoms with Crippen LogP contribution in [-0.4, -0.2) is 92.3 Å². The Hall–Kier alpha value is -0.0403. The van der Waals surface area contributed by atoms with Gasteiger partial charge in [-0.25, -0.2) is 0 Å². The predicted molar refractivity (Wildman–Crippen MR) is 53.0 cm³/mol. The first-order chi connectivity index (χ1) is 7.83. The van der Waals surface area contributed by atoms with E-state index in [0.29, 0.717) is 0 Å². The largest absolute Gasteiger partial charge is 2.00 e. The predicted octanol–water partition coefficient (Wildman–Crippen LogP) is -6.09. The van der Waals surface area contributed by atoms with Gasteiger partial charge in [0.15, 0.2) is 0 Å². The maximum atomic E-state index is 9.60. The van der Waals surface area contributed by atoms with Crippen LogP contribution in [0, 0.1) is 0 Å². The van der Waals surface area contributed by atoms with Crippen LogP contribution in [-0.2, 0) is 9.59 Å². The van der Waals surface area contributed by atoms with Gasteiger partial charge in [0.25, 0.3) is 11.9 Å². The Labute approximate surface area is 137 Å². The Kier molecular flexibility index (Phi) is 13.5. The molecule has 0 aromatic heterocycles. The topological polar surface area (TPSA) is 202 Å². The van der Waals surface area contributed by atoms with Crippen molar-refractivity contribution in [2.24, 2.45) is 0 Å². The van der Waals surface area contributed by atoms with E-state index >= 15 is 0 Å². The second-order valence-corrected chi connectivity index (χ2v) is 3.29. The molecule has 0 atom stereocenters. The number of rotatable bonds is 6. The Morgan fingerprint density at radius 2 is 0.947 bits per heavy atom. The fourth-order valence-corrected chi connectivity index (χ4v) is 0.540. The second-order valence-electron chi connectivity index (χ2n) is 3.29. The van der Waals surface area contributed by atoms with Gasteiger partial charge in [0.2, 0.25) is 0 Å². The number of hydrogen-bond acceptors (Lipinski definition) is 10. The van der Waals surface area contributed by atoms with E-state index in [4.69, 9.17) is 30.6 Å². The Bertz CT molecular complexity index is 238. The minimum absolute atomic E-state index is 0. The van der Waals surface area contributed by atoms with E-state index in [9.17, 15) is 19.8 Å². The molecule has 0 aromatic carbocycles. The molecule has 108 valence electrons. The molecule has 19 heavy (non-hydrogen) atoms. The molecule has 0 aliphatic carbocycles. The first-order valence-electron chi connectivity index (χ1n) is 4.57. The quantitative estimate of drug-likeness (QED) is 0.202. The summed E-state index contributed by atoms with van der Waals surface area (Å²) in [5.74, 6) is -8.65. The Morgan fingerprint density at radius 1 is 0.737 bits per heavy atom. The minimum Gasteiger partial charge on any atom is -0.550 e. The van der Waals surface area contributed by atoms with Crippen LogP contribution in [0.3, 0.4) is 0 Å². The average Bonchev–Trinajstić information content (AvgIpc) is 2.10. The number of carboxylic acids is 2. The number of carbonyl (C=O) groups is 2. The molecule has 0 radical (unpaired) electrons. The third-order valence-corrected chi connectivity index (χ3v) is 1.33. The molecule has 0 aliphatic heterocycles. The van der Waals surface area contributed by atoms with Crippen molar-refractivity contribution >= 4 is 49.7 Å². The molecule has 0 aromatic rings. The van der Waals surface area contributed by atoms with Gasteiger partial charge in [0.1, 0.15) is 0 Å². The molecule has 0 amide bonds. The summed E-state index contributed by atoms with van der Waals surface area (Å²) >= 11 is 0. The van der Waals surface area contributed by atoms with Crippen molar-refractivity contribution < 1.29 is 50.4 Å². The normalized spacial score (nSPS) is 10.8. The summed E-state index contributed by atoms with van der Waals surface area (Å²) in [6.45, 7) is 0. The monoisotopic (exact) mass is 310 g/mol. The van der Waals surface area contributed by atoms with Crippen molar-refractivity contribution in [3.05, 3.63) is 0 Å². The standard InChI is InChI=1S/2C4H8O5.Ca/c2*5-3(6)1-2-4(7,8)9;/h2*7-9H,1-2H2,(H,5,6);/q;;+2/p-2. The number of carbonyl (C=O) groups excluding carboxylic acids is 2. The third-order valence-electron chi connectivity index (χ3n) is 1.33. The minimum atomic E-state index is -2.89. The molecular formula is C8H14CaO10. The zero-order valence-electron chi connectivity index (χ0n) is 9.85. The van der Waals surface area contributed by atoms with Gasteiger partial charge < -0.3 is 50.4 Å². The van der Waals surface area contributed by atoms with Crippen LogP contribution in [0.5, 0.6) is 0 Å². The molecule has 10 nitrogen and oxygen atoms in total. The molecule has 0 bridgehead atoms. The molecule has 0 heterocycles. The van der Waals surface area contributed by atoms with E-state index in [1.807, 2.05) is 0 Å². The summed E-state index contributed by atoms with van der Waals surface area (Å²) in [6.07, 6.45) is -2.45. The van der Waals surface area contributed by atoms with Crippen molar-refractivity contribution in [3.8, 4) is 0 Å². The van der Waals surface area contributed by atoms with Gasteiger partial charge in [-0.3, -0.25) is 0 Å². The molecular weight excluding hydrogens is 296 g/mol. The molecule has 0 fully saturated rings. The smallest absolute Gasteiger partial charge is 0.550 e. The molecule has 0 saturated carbocycles. The van der Waals surface area contributed by atoms with Gasteiger partial charge in [-0.05, 0) is 12.8 Å². The van der Waals surface area contributed by atoms with Crippen LogP contribution in [0.4, 0.5) is 0 Å². The molecule has 0 spiro atoms. The van der Waals surface area contributed by atoms with Gasteiger partial charge in [-0.1, -0.05) is 0 Å². The Balaban J connectivity index is -0.000000256. The maximum absolute atomic E-state index is 9.60. The van der Waals surface area contributed by atoms with E-state index in [1.54, 1.807) is 0 Å². The van der Waals surface area contributed by atoms with E-state index in [1.165, 1.54) is 0 Å². The fraction of sp³-hybridized carbons (Fsp3) is 0.750. The van der Waals surface area contributed by atoms with Crippen LogP contribution in [0.25, 0.3) is 0 Å². The van der Waals surface area contributed by atoms with Crippen molar-refractivity contribution in [2.45, 2.75) is 37.6 Å². The number of aliphatic hydroxyl groups is 6. The number of hydrogen-bond donors (Lipinski definition) is 6. The van der Waals surface area contributed by atoms with E-state index in [0.717, 1.165) is 0 Å². The molecule has 0 aliphatic rings. The van der Waals surface area contributed by atoms with Gasteiger partial charge in [0, 0.05) is 24.8 Å². The second kappa shape index (κ2) is 10.7. The van der Waals surface area contributed by atoms with Crippen molar-refractivity contribution in [3.63, 3.8) is 0 Å². The summed E-state index contributed by atoms with van der Waals surface area (Å²) in [4.78, 5) is 19.2. The zero-order chi connectivity index (χ0) is 15.0. The fourth-order valence-electron chi connectivity index (χ4n) is 0.540. The number of aliphatic carboxylic acids is 2. The summed E-state index contributed by atoms with van der Waals surface area (Å²) in [7, 11) is 0. The van der Waals surface area contributed by atoms with Gasteiger partial charge in [0.05, 0.1) is 0 Å². The molecule has 0 rings (SSSR count). The summed E-state index contributed by atoms with van der Waals surface area (Å²) < 4.78 is 0. The third kappa shape index (κ3) is 32.0. The molecule has 6 N–H and O–H groups in total. The zero-order valence-corrected chi connectivity index (χ0v) is 12.1. The SMILES string of the molecule is O=C([O-])CCC(O)(O)O.O=C([O-])CCC(O)(O)O.[Ca+2]. The maximum Gasteiger partial charge on any atom is 2.00 e. The van der Waals surface area contributed by atoms with Crippen LogP contribution in [0.15, 0.2) is 0 Å². The van der Waals surface area contributed by atoms with Crippen LogP contribution in [0.1, 0.15) is 25.7 Å². The Morgan fingerprint density at radius 3 is 1.00 bits per heavy atom. The van der Waals surface area contributed by atoms with Gasteiger partial charge in [-0.2, -0.15) is 0 Å². The average molecular weight is 310 g/mol. The molecule has 0 saturated heterocycles. The summed E-state index contributed by atoms with van der Waals surface area (Å²) in [5, 5.41) is 67.7. The molecule has 0 unspecified atom stereocenters. The van der Waals surface area contributed by atoms with Crippen molar-refractivity contribution in [1.29, 1.82) is 0 Å².